The number of carbonyl (C=O) groups excluding carboxylic acids is 2. The summed E-state index contributed by atoms with van der Waals surface area (Å²) in [6.07, 6.45) is 1.75. The number of amides is 1. The lowest BCUT2D eigenvalue weighted by Crippen LogP contribution is -2.40. The molecule has 0 atom stereocenters. The van der Waals surface area contributed by atoms with Gasteiger partial charge in [0.15, 0.2) is 17.3 Å². The molecule has 0 radical (unpaired) electrons. The second-order valence-corrected chi connectivity index (χ2v) is 6.63. The zero-order valence-electron chi connectivity index (χ0n) is 15.6. The highest BCUT2D eigenvalue weighted by molar-refractivity contribution is 5.98. The van der Waals surface area contributed by atoms with Gasteiger partial charge in [0.1, 0.15) is 0 Å². The number of methoxy groups -OCH3 is 1. The van der Waals surface area contributed by atoms with E-state index in [9.17, 15) is 9.59 Å². The third-order valence-electron chi connectivity index (χ3n) is 4.92. The van der Waals surface area contributed by atoms with Crippen molar-refractivity contribution in [2.45, 2.75) is 19.3 Å². The molecule has 1 saturated heterocycles. The third-order valence-corrected chi connectivity index (χ3v) is 4.92. The number of benzene rings is 2. The predicted molar refractivity (Wildman–Crippen MR) is 103 cm³/mol. The first-order valence-electron chi connectivity index (χ1n) is 9.32. The fourth-order valence-electron chi connectivity index (χ4n) is 3.37. The Balaban J connectivity index is 1.44. The highest BCUT2D eigenvalue weighted by atomic mass is 16.5. The van der Waals surface area contributed by atoms with Crippen molar-refractivity contribution in [2.24, 2.45) is 5.92 Å². The number of hydrogen-bond acceptors (Lipinski definition) is 4. The third kappa shape index (κ3) is 4.88. The van der Waals surface area contributed by atoms with Gasteiger partial charge >= 0.3 is 0 Å². The molecule has 27 heavy (non-hydrogen) atoms. The van der Waals surface area contributed by atoms with Crippen LogP contribution in [0, 0.1) is 5.92 Å². The Bertz CT molecular complexity index is 767. The van der Waals surface area contributed by atoms with Crippen molar-refractivity contribution in [1.29, 1.82) is 0 Å². The Morgan fingerprint density at radius 1 is 0.963 bits per heavy atom. The van der Waals surface area contributed by atoms with Gasteiger partial charge in [-0.15, -0.1) is 0 Å². The molecule has 142 valence electrons. The zero-order chi connectivity index (χ0) is 19.1. The maximum Gasteiger partial charge on any atom is 0.225 e. The van der Waals surface area contributed by atoms with E-state index in [2.05, 4.69) is 0 Å². The van der Waals surface area contributed by atoms with E-state index in [-0.39, 0.29) is 17.6 Å². The van der Waals surface area contributed by atoms with Gasteiger partial charge < -0.3 is 14.4 Å². The van der Waals surface area contributed by atoms with Gasteiger partial charge in [-0.3, -0.25) is 9.59 Å². The molecule has 5 heteroatoms. The maximum atomic E-state index is 12.5. The highest BCUT2D eigenvalue weighted by Crippen LogP contribution is 2.26. The Labute approximate surface area is 159 Å². The first-order valence-corrected chi connectivity index (χ1v) is 9.32. The molecule has 2 aromatic carbocycles. The molecule has 1 aliphatic heterocycles. The minimum absolute atomic E-state index is 0.00119. The van der Waals surface area contributed by atoms with Gasteiger partial charge in [-0.05, 0) is 25.0 Å². The van der Waals surface area contributed by atoms with Crippen LogP contribution < -0.4 is 9.47 Å². The fraction of sp³-hybridized carbons (Fsp3) is 0.364. The summed E-state index contributed by atoms with van der Waals surface area (Å²) in [6, 6.07) is 16.8. The molecular formula is C22H25NO4. The largest absolute Gasteiger partial charge is 0.493 e. The Kier molecular flexibility index (Phi) is 6.47. The molecule has 1 heterocycles. The number of para-hydroxylation sites is 2. The number of nitrogens with zero attached hydrogens (tertiary/aromatic N) is 1. The van der Waals surface area contributed by atoms with Gasteiger partial charge in [-0.1, -0.05) is 42.5 Å². The molecule has 5 nitrogen and oxygen atoms in total. The molecule has 1 amide bonds. The summed E-state index contributed by atoms with van der Waals surface area (Å²) in [6.45, 7) is 1.55. The molecule has 0 aromatic heterocycles. The fourth-order valence-corrected chi connectivity index (χ4v) is 3.37. The molecule has 0 spiro atoms. The standard InChI is InChI=1S/C22H25NO4/c1-26-19-9-5-6-10-20(19)27-16-13-21(24)23-14-11-18(12-15-23)22(25)17-7-3-2-4-8-17/h2-10,18H,11-16H2,1H3. The van der Waals surface area contributed by atoms with Crippen molar-refractivity contribution in [1.82, 2.24) is 4.90 Å². The van der Waals surface area contributed by atoms with E-state index in [1.807, 2.05) is 59.5 Å². The molecule has 0 N–H and O–H groups in total. The van der Waals surface area contributed by atoms with Gasteiger partial charge in [0.25, 0.3) is 0 Å². The number of Topliss-reactive ketones (excluding diaryl/α,β-unsaturated/α-hetero) is 1. The number of hydrogen-bond donors (Lipinski definition) is 0. The van der Waals surface area contributed by atoms with Gasteiger partial charge in [0.2, 0.25) is 5.91 Å². The van der Waals surface area contributed by atoms with Crippen molar-refractivity contribution in [3.05, 3.63) is 60.2 Å². The minimum Gasteiger partial charge on any atom is -0.493 e. The molecule has 0 saturated carbocycles. The Morgan fingerprint density at radius 2 is 1.59 bits per heavy atom. The van der Waals surface area contributed by atoms with Gasteiger partial charge in [0.05, 0.1) is 20.1 Å². The lowest BCUT2D eigenvalue weighted by Gasteiger charge is -2.31. The predicted octanol–water partition coefficient (Wildman–Crippen LogP) is 3.59. The van der Waals surface area contributed by atoms with E-state index >= 15 is 0 Å². The molecule has 0 bridgehead atoms. The van der Waals surface area contributed by atoms with Crippen LogP contribution in [0.5, 0.6) is 11.5 Å². The number of rotatable bonds is 7. The summed E-state index contributed by atoms with van der Waals surface area (Å²) < 4.78 is 10.9. The van der Waals surface area contributed by atoms with Gasteiger partial charge in [0, 0.05) is 24.6 Å². The average molecular weight is 367 g/mol. The van der Waals surface area contributed by atoms with Crippen LogP contribution in [0.1, 0.15) is 29.6 Å². The minimum atomic E-state index is 0.00119. The first-order chi connectivity index (χ1) is 13.2. The molecule has 0 aliphatic carbocycles. The number of piperidine rings is 1. The maximum absolute atomic E-state index is 12.5. The van der Waals surface area contributed by atoms with Crippen LogP contribution in [0.25, 0.3) is 0 Å². The van der Waals surface area contributed by atoms with E-state index in [4.69, 9.17) is 9.47 Å². The smallest absolute Gasteiger partial charge is 0.225 e. The SMILES string of the molecule is COc1ccccc1OCCC(=O)N1CCC(C(=O)c2ccccc2)CC1. The second-order valence-electron chi connectivity index (χ2n) is 6.63. The van der Waals surface area contributed by atoms with Crippen molar-refractivity contribution in [3.63, 3.8) is 0 Å². The Morgan fingerprint density at radius 3 is 2.26 bits per heavy atom. The zero-order valence-corrected chi connectivity index (χ0v) is 15.6. The number of likely N-dealkylation sites (tertiary alicyclic amines) is 1. The molecule has 1 aliphatic rings. The molecule has 2 aromatic rings. The quantitative estimate of drug-likeness (QED) is 0.702. The number of ether oxygens (including phenoxy) is 2. The highest BCUT2D eigenvalue weighted by Gasteiger charge is 2.27. The summed E-state index contributed by atoms with van der Waals surface area (Å²) >= 11 is 0. The van der Waals surface area contributed by atoms with Crippen molar-refractivity contribution in [3.8, 4) is 11.5 Å². The van der Waals surface area contributed by atoms with Crippen molar-refractivity contribution in [2.75, 3.05) is 26.8 Å². The summed E-state index contributed by atoms with van der Waals surface area (Å²) in [4.78, 5) is 26.8. The van der Waals surface area contributed by atoms with Crippen LogP contribution in [-0.2, 0) is 4.79 Å². The van der Waals surface area contributed by atoms with Crippen LogP contribution in [0.2, 0.25) is 0 Å². The summed E-state index contributed by atoms with van der Waals surface area (Å²) in [7, 11) is 1.59. The van der Waals surface area contributed by atoms with E-state index in [1.54, 1.807) is 7.11 Å². The van der Waals surface area contributed by atoms with Crippen molar-refractivity contribution < 1.29 is 19.1 Å². The van der Waals surface area contributed by atoms with Crippen molar-refractivity contribution >= 4 is 11.7 Å². The lowest BCUT2D eigenvalue weighted by molar-refractivity contribution is -0.132. The molecule has 3 rings (SSSR count). The van der Waals surface area contributed by atoms with Crippen LogP contribution in [-0.4, -0.2) is 43.4 Å². The second kappa shape index (κ2) is 9.21. The summed E-state index contributed by atoms with van der Waals surface area (Å²) in [5.74, 6) is 1.55. The molecule has 0 unspecified atom stereocenters. The van der Waals surface area contributed by atoms with Crippen LogP contribution >= 0.6 is 0 Å². The van der Waals surface area contributed by atoms with Gasteiger partial charge in [-0.2, -0.15) is 0 Å². The lowest BCUT2D eigenvalue weighted by atomic mass is 9.89. The topological polar surface area (TPSA) is 55.8 Å². The van der Waals surface area contributed by atoms with E-state index in [0.717, 1.165) is 5.56 Å². The Hall–Kier alpha value is -2.82. The monoisotopic (exact) mass is 367 g/mol. The van der Waals surface area contributed by atoms with E-state index in [1.165, 1.54) is 0 Å². The van der Waals surface area contributed by atoms with E-state index in [0.29, 0.717) is 50.5 Å². The normalized spacial score (nSPS) is 14.6. The van der Waals surface area contributed by atoms with E-state index < -0.39 is 0 Å². The first kappa shape index (κ1) is 19.0. The van der Waals surface area contributed by atoms with Gasteiger partial charge in [-0.25, -0.2) is 0 Å². The molecule has 1 fully saturated rings. The number of carbonyl (C=O) groups is 2. The summed E-state index contributed by atoms with van der Waals surface area (Å²) in [5.41, 5.74) is 0.757. The van der Waals surface area contributed by atoms with Crippen LogP contribution in [0.3, 0.4) is 0 Å². The summed E-state index contributed by atoms with van der Waals surface area (Å²) in [5, 5.41) is 0. The van der Waals surface area contributed by atoms with Crippen LogP contribution in [0.15, 0.2) is 54.6 Å². The van der Waals surface area contributed by atoms with Crippen LogP contribution in [0.4, 0.5) is 0 Å². The molecular weight excluding hydrogens is 342 g/mol. The number of ketones is 1. The average Bonchev–Trinajstić information content (AvgIpc) is 2.74.